The molecule has 0 bridgehead atoms. The van der Waals surface area contributed by atoms with Gasteiger partial charge in [0.15, 0.2) is 0 Å². The lowest BCUT2D eigenvalue weighted by Crippen LogP contribution is -2.20. The number of unbranched alkanes of at least 4 members (excludes halogenated alkanes) is 1. The molecule has 0 atom stereocenters. The molecule has 0 unspecified atom stereocenters. The van der Waals surface area contributed by atoms with E-state index in [0.717, 1.165) is 30.5 Å². The first-order chi connectivity index (χ1) is 8.83. The van der Waals surface area contributed by atoms with Gasteiger partial charge in [0.25, 0.3) is 0 Å². The number of methoxy groups -OCH3 is 1. The van der Waals surface area contributed by atoms with Crippen molar-refractivity contribution in [3.05, 3.63) is 34.9 Å². The molecule has 1 rings (SSSR count). The van der Waals surface area contributed by atoms with E-state index in [1.54, 1.807) is 7.11 Å². The van der Waals surface area contributed by atoms with Gasteiger partial charge in [-0.25, -0.2) is 0 Å². The lowest BCUT2D eigenvalue weighted by Gasteiger charge is -2.04. The van der Waals surface area contributed by atoms with Gasteiger partial charge in [-0.1, -0.05) is 23.7 Å². The molecule has 18 heavy (non-hydrogen) atoms. The van der Waals surface area contributed by atoms with E-state index >= 15 is 0 Å². The minimum atomic E-state index is 0.797. The predicted molar refractivity (Wildman–Crippen MR) is 81.6 cm³/mol. The molecule has 102 valence electrons. The third kappa shape index (κ3) is 7.98. The van der Waals surface area contributed by atoms with Gasteiger partial charge in [0.05, 0.1) is 6.61 Å². The van der Waals surface area contributed by atoms with Gasteiger partial charge in [0.2, 0.25) is 0 Å². The Bertz CT molecular complexity index is 305. The van der Waals surface area contributed by atoms with Gasteiger partial charge in [0, 0.05) is 24.4 Å². The molecule has 0 saturated carbocycles. The number of hydrogen-bond donors (Lipinski definition) is 1. The Labute approximate surface area is 119 Å². The SMILES string of the molecule is COCCNCCCCSCc1ccc(Cl)cc1. The fraction of sp³-hybridized carbons (Fsp3) is 0.571. The van der Waals surface area contributed by atoms with Crippen LogP contribution in [0.15, 0.2) is 24.3 Å². The summed E-state index contributed by atoms with van der Waals surface area (Å²) < 4.78 is 4.97. The van der Waals surface area contributed by atoms with Crippen LogP contribution >= 0.6 is 23.4 Å². The van der Waals surface area contributed by atoms with E-state index < -0.39 is 0 Å². The van der Waals surface area contributed by atoms with Crippen LogP contribution in [0.1, 0.15) is 18.4 Å². The van der Waals surface area contributed by atoms with E-state index in [1.165, 1.54) is 24.2 Å². The molecule has 0 aliphatic heterocycles. The highest BCUT2D eigenvalue weighted by Gasteiger charge is 1.94. The molecule has 0 radical (unpaired) electrons. The number of hydrogen-bond acceptors (Lipinski definition) is 3. The van der Waals surface area contributed by atoms with Crippen LogP contribution in [0, 0.1) is 0 Å². The van der Waals surface area contributed by atoms with Crippen molar-refractivity contribution in [2.45, 2.75) is 18.6 Å². The summed E-state index contributed by atoms with van der Waals surface area (Å²) in [6.45, 7) is 2.84. The summed E-state index contributed by atoms with van der Waals surface area (Å²) in [6.07, 6.45) is 2.50. The monoisotopic (exact) mass is 287 g/mol. The van der Waals surface area contributed by atoms with Gasteiger partial charge in [-0.3, -0.25) is 0 Å². The van der Waals surface area contributed by atoms with Gasteiger partial charge in [-0.15, -0.1) is 0 Å². The molecule has 0 fully saturated rings. The second-order valence-corrected chi connectivity index (χ2v) is 5.67. The minimum Gasteiger partial charge on any atom is -0.383 e. The van der Waals surface area contributed by atoms with Gasteiger partial charge in [-0.2, -0.15) is 11.8 Å². The Morgan fingerprint density at radius 3 is 2.67 bits per heavy atom. The highest BCUT2D eigenvalue weighted by Crippen LogP contribution is 2.16. The molecular formula is C14H22ClNOS. The number of ether oxygens (including phenoxy) is 1. The Kier molecular flexibility index (Phi) is 9.40. The Morgan fingerprint density at radius 2 is 1.94 bits per heavy atom. The second-order valence-electron chi connectivity index (χ2n) is 4.13. The van der Waals surface area contributed by atoms with E-state index in [9.17, 15) is 0 Å². The molecular weight excluding hydrogens is 266 g/mol. The van der Waals surface area contributed by atoms with Crippen LogP contribution in [0.25, 0.3) is 0 Å². The van der Waals surface area contributed by atoms with E-state index in [1.807, 2.05) is 23.9 Å². The number of halogens is 1. The molecule has 1 aromatic rings. The summed E-state index contributed by atoms with van der Waals surface area (Å²) in [4.78, 5) is 0. The molecule has 4 heteroatoms. The summed E-state index contributed by atoms with van der Waals surface area (Å²) in [5, 5.41) is 4.16. The zero-order valence-electron chi connectivity index (χ0n) is 11.0. The zero-order chi connectivity index (χ0) is 13.1. The van der Waals surface area contributed by atoms with E-state index in [0.29, 0.717) is 0 Å². The summed E-state index contributed by atoms with van der Waals surface area (Å²) in [7, 11) is 1.73. The number of benzene rings is 1. The van der Waals surface area contributed by atoms with Crippen LogP contribution in [0.2, 0.25) is 5.02 Å². The Morgan fingerprint density at radius 1 is 1.17 bits per heavy atom. The highest BCUT2D eigenvalue weighted by atomic mass is 35.5. The summed E-state index contributed by atoms with van der Waals surface area (Å²) in [6, 6.07) is 8.11. The standard InChI is InChI=1S/C14H22ClNOS/c1-17-10-9-16-8-2-3-11-18-12-13-4-6-14(15)7-5-13/h4-7,16H,2-3,8-12H2,1H3. The van der Waals surface area contributed by atoms with E-state index in [4.69, 9.17) is 16.3 Å². The average molecular weight is 288 g/mol. The van der Waals surface area contributed by atoms with Crippen molar-refractivity contribution in [1.29, 1.82) is 0 Å². The fourth-order valence-corrected chi connectivity index (χ4v) is 2.63. The zero-order valence-corrected chi connectivity index (χ0v) is 12.5. The maximum absolute atomic E-state index is 5.84. The summed E-state index contributed by atoms with van der Waals surface area (Å²) in [5.74, 6) is 2.29. The normalized spacial score (nSPS) is 10.8. The van der Waals surface area contributed by atoms with Gasteiger partial charge >= 0.3 is 0 Å². The average Bonchev–Trinajstić information content (AvgIpc) is 2.39. The molecule has 0 amide bonds. The van der Waals surface area contributed by atoms with Crippen LogP contribution in [-0.4, -0.2) is 32.6 Å². The molecule has 0 spiro atoms. The minimum absolute atomic E-state index is 0.797. The smallest absolute Gasteiger partial charge is 0.0587 e. The van der Waals surface area contributed by atoms with Crippen LogP contribution in [-0.2, 0) is 10.5 Å². The molecule has 2 nitrogen and oxygen atoms in total. The highest BCUT2D eigenvalue weighted by molar-refractivity contribution is 7.98. The van der Waals surface area contributed by atoms with E-state index in [-0.39, 0.29) is 0 Å². The van der Waals surface area contributed by atoms with Crippen molar-refractivity contribution in [3.8, 4) is 0 Å². The van der Waals surface area contributed by atoms with Crippen molar-refractivity contribution < 1.29 is 4.74 Å². The van der Waals surface area contributed by atoms with Crippen LogP contribution in [0.4, 0.5) is 0 Å². The largest absolute Gasteiger partial charge is 0.383 e. The molecule has 0 aliphatic rings. The third-order valence-corrected chi connectivity index (χ3v) is 3.92. The van der Waals surface area contributed by atoms with Crippen molar-refractivity contribution in [1.82, 2.24) is 5.32 Å². The predicted octanol–water partition coefficient (Wildman–Crippen LogP) is 3.59. The fourth-order valence-electron chi connectivity index (χ4n) is 1.52. The first-order valence-electron chi connectivity index (χ1n) is 6.35. The number of nitrogens with one attached hydrogen (secondary N) is 1. The molecule has 0 aromatic heterocycles. The van der Waals surface area contributed by atoms with Crippen molar-refractivity contribution in [3.63, 3.8) is 0 Å². The molecule has 0 aliphatic carbocycles. The maximum atomic E-state index is 5.84. The first-order valence-corrected chi connectivity index (χ1v) is 7.88. The summed E-state index contributed by atoms with van der Waals surface area (Å²) in [5.41, 5.74) is 1.35. The topological polar surface area (TPSA) is 21.3 Å². The third-order valence-electron chi connectivity index (χ3n) is 2.56. The van der Waals surface area contributed by atoms with Gasteiger partial charge in [-0.05, 0) is 42.8 Å². The lowest BCUT2D eigenvalue weighted by molar-refractivity contribution is 0.199. The Hall–Kier alpha value is -0.220. The lowest BCUT2D eigenvalue weighted by atomic mass is 10.2. The summed E-state index contributed by atoms with van der Waals surface area (Å²) >= 11 is 7.83. The quantitative estimate of drug-likeness (QED) is 0.665. The molecule has 1 aromatic carbocycles. The Balaban J connectivity index is 1.91. The van der Waals surface area contributed by atoms with Crippen molar-refractivity contribution in [2.75, 3.05) is 32.6 Å². The van der Waals surface area contributed by atoms with Crippen molar-refractivity contribution >= 4 is 23.4 Å². The molecule has 1 N–H and O–H groups in total. The van der Waals surface area contributed by atoms with E-state index in [2.05, 4.69) is 17.4 Å². The molecule has 0 saturated heterocycles. The van der Waals surface area contributed by atoms with Gasteiger partial charge < -0.3 is 10.1 Å². The number of thioether (sulfide) groups is 1. The number of rotatable bonds is 10. The first kappa shape index (κ1) is 15.8. The van der Waals surface area contributed by atoms with Gasteiger partial charge in [0.1, 0.15) is 0 Å². The van der Waals surface area contributed by atoms with Crippen LogP contribution < -0.4 is 5.32 Å². The van der Waals surface area contributed by atoms with Crippen LogP contribution in [0.3, 0.4) is 0 Å². The molecule has 0 heterocycles. The maximum Gasteiger partial charge on any atom is 0.0587 e. The van der Waals surface area contributed by atoms with Crippen LogP contribution in [0.5, 0.6) is 0 Å². The second kappa shape index (κ2) is 10.7. The van der Waals surface area contributed by atoms with Crippen molar-refractivity contribution in [2.24, 2.45) is 0 Å².